The maximum atomic E-state index is 12.5. The Bertz CT molecular complexity index is 760. The van der Waals surface area contributed by atoms with Crippen molar-refractivity contribution in [3.63, 3.8) is 0 Å². The third-order valence-electron chi connectivity index (χ3n) is 3.87. The van der Waals surface area contributed by atoms with Gasteiger partial charge in [0.2, 0.25) is 5.91 Å². The van der Waals surface area contributed by atoms with Gasteiger partial charge in [0.1, 0.15) is 6.61 Å². The second-order valence-electron chi connectivity index (χ2n) is 6.09. The maximum Gasteiger partial charge on any atom is 0.254 e. The van der Waals surface area contributed by atoms with Crippen molar-refractivity contribution in [2.75, 3.05) is 34.8 Å². The predicted octanol–water partition coefficient (Wildman–Crippen LogP) is 2.43. The van der Waals surface area contributed by atoms with Crippen LogP contribution in [0.15, 0.2) is 48.5 Å². The van der Waals surface area contributed by atoms with Crippen molar-refractivity contribution in [1.82, 2.24) is 9.80 Å². The molecule has 0 unspecified atom stereocenters. The Balaban J connectivity index is 2.09. The first-order valence-electron chi connectivity index (χ1n) is 8.22. The van der Waals surface area contributed by atoms with Gasteiger partial charge in [-0.2, -0.15) is 0 Å². The smallest absolute Gasteiger partial charge is 0.254 e. The number of carbonyl (C=O) groups is 2. The van der Waals surface area contributed by atoms with Gasteiger partial charge >= 0.3 is 0 Å². The number of hydrogen-bond donors (Lipinski definition) is 0. The second-order valence-corrected chi connectivity index (χ2v) is 6.09. The van der Waals surface area contributed by atoms with Crippen molar-refractivity contribution in [3.05, 3.63) is 59.7 Å². The number of likely N-dealkylation sites (N-methyl/N-ethyl adjacent to an activating group) is 2. The molecule has 0 fully saturated rings. The van der Waals surface area contributed by atoms with Gasteiger partial charge in [-0.1, -0.05) is 30.3 Å². The molecule has 2 aromatic rings. The van der Waals surface area contributed by atoms with Crippen LogP contribution in [0.1, 0.15) is 15.9 Å². The van der Waals surface area contributed by atoms with E-state index in [9.17, 15) is 9.59 Å². The minimum atomic E-state index is -0.256. The Morgan fingerprint density at radius 1 is 0.962 bits per heavy atom. The third kappa shape index (κ3) is 4.99. The largest absolute Gasteiger partial charge is 0.493 e. The zero-order chi connectivity index (χ0) is 19.1. The van der Waals surface area contributed by atoms with E-state index < -0.39 is 0 Å². The molecule has 26 heavy (non-hydrogen) atoms. The van der Waals surface area contributed by atoms with Gasteiger partial charge in [0, 0.05) is 26.7 Å². The van der Waals surface area contributed by atoms with Crippen LogP contribution < -0.4 is 9.47 Å². The SMILES string of the molecule is COc1cc(C(=O)N(C)CC(=O)N(C)C)ccc1OCc1ccccc1. The molecule has 0 saturated heterocycles. The molecule has 0 heterocycles. The molecule has 0 N–H and O–H groups in total. The van der Waals surface area contributed by atoms with Gasteiger partial charge in [-0.05, 0) is 23.8 Å². The Labute approximate surface area is 153 Å². The zero-order valence-corrected chi connectivity index (χ0v) is 15.6. The molecule has 6 heteroatoms. The molecule has 0 radical (unpaired) electrons. The van der Waals surface area contributed by atoms with E-state index in [2.05, 4.69) is 0 Å². The van der Waals surface area contributed by atoms with E-state index in [-0.39, 0.29) is 18.4 Å². The first-order valence-corrected chi connectivity index (χ1v) is 8.22. The summed E-state index contributed by atoms with van der Waals surface area (Å²) in [5.41, 5.74) is 1.47. The number of carbonyl (C=O) groups excluding carboxylic acids is 2. The molecule has 2 rings (SSSR count). The molecule has 0 aromatic heterocycles. The van der Waals surface area contributed by atoms with Crippen LogP contribution in [0.25, 0.3) is 0 Å². The van der Waals surface area contributed by atoms with Gasteiger partial charge in [0.25, 0.3) is 5.91 Å². The van der Waals surface area contributed by atoms with Gasteiger partial charge in [-0.25, -0.2) is 0 Å². The van der Waals surface area contributed by atoms with Crippen LogP contribution in [0.3, 0.4) is 0 Å². The van der Waals surface area contributed by atoms with E-state index in [1.54, 1.807) is 39.3 Å². The van der Waals surface area contributed by atoms with E-state index in [0.717, 1.165) is 5.56 Å². The Kier molecular flexibility index (Phi) is 6.60. The summed E-state index contributed by atoms with van der Waals surface area (Å²) < 4.78 is 11.1. The van der Waals surface area contributed by atoms with Crippen molar-refractivity contribution < 1.29 is 19.1 Å². The summed E-state index contributed by atoms with van der Waals surface area (Å²) in [5, 5.41) is 0. The minimum Gasteiger partial charge on any atom is -0.493 e. The van der Waals surface area contributed by atoms with Gasteiger partial charge in [0.15, 0.2) is 11.5 Å². The third-order valence-corrected chi connectivity index (χ3v) is 3.87. The van der Waals surface area contributed by atoms with Crippen molar-refractivity contribution >= 4 is 11.8 Å². The Morgan fingerprint density at radius 3 is 2.27 bits per heavy atom. The second kappa shape index (κ2) is 8.89. The summed E-state index contributed by atoms with van der Waals surface area (Å²) in [6.07, 6.45) is 0. The Hall–Kier alpha value is -3.02. The molecule has 2 amide bonds. The Morgan fingerprint density at radius 2 is 1.65 bits per heavy atom. The topological polar surface area (TPSA) is 59.1 Å². The zero-order valence-electron chi connectivity index (χ0n) is 15.6. The average Bonchev–Trinajstić information content (AvgIpc) is 2.66. The first-order chi connectivity index (χ1) is 12.4. The number of amides is 2. The molecule has 6 nitrogen and oxygen atoms in total. The normalized spacial score (nSPS) is 10.2. The summed E-state index contributed by atoms with van der Waals surface area (Å²) in [4.78, 5) is 27.1. The quantitative estimate of drug-likeness (QED) is 0.765. The van der Waals surface area contributed by atoms with Gasteiger partial charge in [-0.3, -0.25) is 9.59 Å². The highest BCUT2D eigenvalue weighted by atomic mass is 16.5. The number of hydrogen-bond acceptors (Lipinski definition) is 4. The molecule has 0 aliphatic rings. The summed E-state index contributed by atoms with van der Waals surface area (Å²) in [6, 6.07) is 14.8. The van der Waals surface area contributed by atoms with Gasteiger partial charge < -0.3 is 19.3 Å². The van der Waals surface area contributed by atoms with Crippen LogP contribution in [0.5, 0.6) is 11.5 Å². The molecule has 138 valence electrons. The number of benzene rings is 2. The number of methoxy groups -OCH3 is 1. The van der Waals surface area contributed by atoms with E-state index in [1.807, 2.05) is 30.3 Å². The molecule has 0 bridgehead atoms. The monoisotopic (exact) mass is 356 g/mol. The van der Waals surface area contributed by atoms with Crippen LogP contribution in [0.2, 0.25) is 0 Å². The lowest BCUT2D eigenvalue weighted by Crippen LogP contribution is -2.37. The number of rotatable bonds is 7. The van der Waals surface area contributed by atoms with Crippen LogP contribution in [-0.2, 0) is 11.4 Å². The minimum absolute atomic E-state index is 0.0143. The molecule has 0 aliphatic heterocycles. The van der Waals surface area contributed by atoms with Gasteiger partial charge in [0.05, 0.1) is 13.7 Å². The molecule has 2 aromatic carbocycles. The van der Waals surface area contributed by atoms with Crippen molar-refractivity contribution in [3.8, 4) is 11.5 Å². The van der Waals surface area contributed by atoms with Crippen LogP contribution >= 0.6 is 0 Å². The van der Waals surface area contributed by atoms with E-state index >= 15 is 0 Å². The summed E-state index contributed by atoms with van der Waals surface area (Å²) in [5.74, 6) is 0.628. The highest BCUT2D eigenvalue weighted by Crippen LogP contribution is 2.29. The fraction of sp³-hybridized carbons (Fsp3) is 0.300. The van der Waals surface area contributed by atoms with E-state index in [1.165, 1.54) is 16.9 Å². The maximum absolute atomic E-state index is 12.5. The molecule has 0 atom stereocenters. The molecular weight excluding hydrogens is 332 g/mol. The lowest BCUT2D eigenvalue weighted by molar-refractivity contribution is -0.129. The van der Waals surface area contributed by atoms with Crippen LogP contribution in [0, 0.1) is 0 Å². The fourth-order valence-corrected chi connectivity index (χ4v) is 2.29. The molecular formula is C20H24N2O4. The first kappa shape index (κ1) is 19.3. The highest BCUT2D eigenvalue weighted by Gasteiger charge is 2.18. The van der Waals surface area contributed by atoms with Crippen LogP contribution in [0.4, 0.5) is 0 Å². The number of nitrogens with zero attached hydrogens (tertiary/aromatic N) is 2. The molecule has 0 saturated carbocycles. The van der Waals surface area contributed by atoms with Crippen molar-refractivity contribution in [1.29, 1.82) is 0 Å². The van der Waals surface area contributed by atoms with Crippen LogP contribution in [-0.4, -0.2) is 56.4 Å². The van der Waals surface area contributed by atoms with Crippen molar-refractivity contribution in [2.45, 2.75) is 6.61 Å². The van der Waals surface area contributed by atoms with Crippen molar-refractivity contribution in [2.24, 2.45) is 0 Å². The summed E-state index contributed by atoms with van der Waals surface area (Å²) in [6.45, 7) is 0.419. The average molecular weight is 356 g/mol. The summed E-state index contributed by atoms with van der Waals surface area (Å²) in [7, 11) is 6.43. The summed E-state index contributed by atoms with van der Waals surface area (Å²) >= 11 is 0. The number of ether oxygens (including phenoxy) is 2. The fourth-order valence-electron chi connectivity index (χ4n) is 2.29. The highest BCUT2D eigenvalue weighted by molar-refractivity contribution is 5.96. The van der Waals surface area contributed by atoms with Gasteiger partial charge in [-0.15, -0.1) is 0 Å². The van der Waals surface area contributed by atoms with E-state index in [4.69, 9.17) is 9.47 Å². The lowest BCUT2D eigenvalue weighted by Gasteiger charge is -2.20. The standard InChI is InChI=1S/C20H24N2O4/c1-21(2)19(23)13-22(3)20(24)16-10-11-17(18(12-16)25-4)26-14-15-8-6-5-7-9-15/h5-12H,13-14H2,1-4H3. The molecule has 0 aliphatic carbocycles. The van der Waals surface area contributed by atoms with E-state index in [0.29, 0.717) is 23.7 Å². The predicted molar refractivity (Wildman–Crippen MR) is 99.4 cm³/mol. The molecule has 0 spiro atoms. The lowest BCUT2D eigenvalue weighted by atomic mass is 10.1.